The molecule has 0 spiro atoms. The first kappa shape index (κ1) is 24.7. The molecule has 1 atom stereocenters. The predicted octanol–water partition coefficient (Wildman–Crippen LogP) is 5.34. The first-order valence-electron chi connectivity index (χ1n) is 11.9. The van der Waals surface area contributed by atoms with Gasteiger partial charge in [0.1, 0.15) is 18.2 Å². The van der Waals surface area contributed by atoms with Crippen LogP contribution in [0.4, 0.5) is 4.79 Å². The second-order valence-electron chi connectivity index (χ2n) is 9.03. The van der Waals surface area contributed by atoms with Gasteiger partial charge in [0.25, 0.3) is 0 Å². The van der Waals surface area contributed by atoms with Gasteiger partial charge in [0.15, 0.2) is 0 Å². The Kier molecular flexibility index (Phi) is 8.86. The number of hydrogen-bond donors (Lipinski definition) is 0. The van der Waals surface area contributed by atoms with Crippen LogP contribution in [0.2, 0.25) is 0 Å². The van der Waals surface area contributed by atoms with E-state index in [4.69, 9.17) is 14.2 Å². The molecule has 0 radical (unpaired) electrons. The highest BCUT2D eigenvalue weighted by Crippen LogP contribution is 2.29. The molecule has 1 aliphatic heterocycles. The number of rotatable bonds is 9. The number of nitrogens with zero attached hydrogens (tertiary/aromatic N) is 4. The lowest BCUT2D eigenvalue weighted by atomic mass is 10.00. The molecule has 3 heterocycles. The van der Waals surface area contributed by atoms with Crippen molar-refractivity contribution in [2.24, 2.45) is 5.92 Å². The smallest absolute Gasteiger partial charge is 0.410 e. The number of amides is 1. The number of pyridine rings is 1. The van der Waals surface area contributed by atoms with Crippen molar-refractivity contribution < 1.29 is 19.0 Å². The minimum atomic E-state index is -0.267. The maximum Gasteiger partial charge on any atom is 0.410 e. The predicted molar refractivity (Wildman–Crippen MR) is 126 cm³/mol. The Morgan fingerprint density at radius 3 is 2.48 bits per heavy atom. The third kappa shape index (κ3) is 7.30. The van der Waals surface area contributed by atoms with Crippen LogP contribution in [-0.2, 0) is 11.2 Å². The Bertz CT molecular complexity index is 896. The zero-order valence-electron chi connectivity index (χ0n) is 20.4. The summed E-state index contributed by atoms with van der Waals surface area (Å²) in [6.45, 7) is 11.2. The van der Waals surface area contributed by atoms with Crippen LogP contribution in [0.25, 0.3) is 0 Å². The molecule has 3 rings (SSSR count). The van der Waals surface area contributed by atoms with Crippen molar-refractivity contribution in [1.29, 1.82) is 0 Å². The van der Waals surface area contributed by atoms with E-state index in [1.165, 1.54) is 19.2 Å². The first-order chi connectivity index (χ1) is 15.9. The molecule has 1 aliphatic rings. The van der Waals surface area contributed by atoms with Gasteiger partial charge in [-0.2, -0.15) is 0 Å². The van der Waals surface area contributed by atoms with E-state index in [1.807, 2.05) is 32.9 Å². The van der Waals surface area contributed by atoms with E-state index < -0.39 is 0 Å². The Labute approximate surface area is 196 Å². The second kappa shape index (κ2) is 11.8. The number of carbonyl (C=O) groups excluding carboxylic acids is 1. The van der Waals surface area contributed by atoms with Crippen LogP contribution in [0.15, 0.2) is 24.7 Å². The van der Waals surface area contributed by atoms with Gasteiger partial charge < -0.3 is 19.1 Å². The molecule has 0 saturated carbocycles. The second-order valence-corrected chi connectivity index (χ2v) is 9.03. The summed E-state index contributed by atoms with van der Waals surface area (Å²) in [4.78, 5) is 26.9. The molecule has 0 N–H and O–H groups in total. The van der Waals surface area contributed by atoms with E-state index in [2.05, 4.69) is 28.8 Å². The zero-order valence-corrected chi connectivity index (χ0v) is 20.4. The molecule has 0 bridgehead atoms. The topological polar surface area (TPSA) is 86.7 Å². The number of piperidine rings is 1. The van der Waals surface area contributed by atoms with Crippen LogP contribution in [0.5, 0.6) is 17.5 Å². The molecular weight excluding hydrogens is 420 g/mol. The van der Waals surface area contributed by atoms with Crippen molar-refractivity contribution in [2.45, 2.75) is 78.9 Å². The number of aromatic nitrogens is 3. The lowest BCUT2D eigenvalue weighted by Gasteiger charge is -2.31. The fourth-order valence-corrected chi connectivity index (χ4v) is 3.89. The molecule has 8 heteroatoms. The Balaban J connectivity index is 1.56. The van der Waals surface area contributed by atoms with Crippen LogP contribution < -0.4 is 9.47 Å². The minimum Gasteiger partial charge on any atom is -0.474 e. The quantitative estimate of drug-likeness (QED) is 0.503. The highest BCUT2D eigenvalue weighted by Gasteiger charge is 2.26. The third-order valence-electron chi connectivity index (χ3n) is 5.66. The van der Waals surface area contributed by atoms with Crippen LogP contribution in [-0.4, -0.2) is 51.2 Å². The highest BCUT2D eigenvalue weighted by atomic mass is 16.6. The minimum absolute atomic E-state index is 0.0272. The number of carbonyl (C=O) groups is 1. The summed E-state index contributed by atoms with van der Waals surface area (Å²) in [5, 5.41) is 0. The Morgan fingerprint density at radius 2 is 1.85 bits per heavy atom. The van der Waals surface area contributed by atoms with E-state index in [0.717, 1.165) is 17.7 Å². The van der Waals surface area contributed by atoms with Crippen LogP contribution in [0.1, 0.15) is 64.6 Å². The van der Waals surface area contributed by atoms with Gasteiger partial charge in [0, 0.05) is 31.6 Å². The molecule has 0 aliphatic carbocycles. The van der Waals surface area contributed by atoms with Gasteiger partial charge in [0.2, 0.25) is 11.8 Å². The summed E-state index contributed by atoms with van der Waals surface area (Å²) in [7, 11) is 0. The maximum absolute atomic E-state index is 12.1. The fraction of sp³-hybridized carbons (Fsp3) is 0.600. The first-order valence-corrected chi connectivity index (χ1v) is 11.9. The number of likely N-dealkylation sites (tertiary alicyclic amines) is 1. The van der Waals surface area contributed by atoms with Gasteiger partial charge in [-0.25, -0.2) is 14.8 Å². The van der Waals surface area contributed by atoms with Crippen LogP contribution >= 0.6 is 0 Å². The molecule has 33 heavy (non-hydrogen) atoms. The van der Waals surface area contributed by atoms with Crippen molar-refractivity contribution in [3.05, 3.63) is 35.9 Å². The summed E-state index contributed by atoms with van der Waals surface area (Å²) in [5.41, 5.74) is 1.80. The summed E-state index contributed by atoms with van der Waals surface area (Å²) in [6, 6.07) is 3.93. The lowest BCUT2D eigenvalue weighted by Crippen LogP contribution is -2.42. The highest BCUT2D eigenvalue weighted by molar-refractivity contribution is 5.67. The fourth-order valence-electron chi connectivity index (χ4n) is 3.89. The Morgan fingerprint density at radius 1 is 1.12 bits per heavy atom. The third-order valence-corrected chi connectivity index (χ3v) is 5.66. The van der Waals surface area contributed by atoms with Gasteiger partial charge in [0.05, 0.1) is 17.9 Å². The number of hydrogen-bond acceptors (Lipinski definition) is 7. The van der Waals surface area contributed by atoms with E-state index >= 15 is 0 Å². The molecule has 1 unspecified atom stereocenters. The molecular formula is C25H36N4O4. The molecule has 180 valence electrons. The van der Waals surface area contributed by atoms with Gasteiger partial charge in [-0.1, -0.05) is 26.7 Å². The average Bonchev–Trinajstić information content (AvgIpc) is 2.78. The summed E-state index contributed by atoms with van der Waals surface area (Å²) < 4.78 is 17.4. The summed E-state index contributed by atoms with van der Waals surface area (Å²) in [6.07, 6.45) is 7.55. The monoisotopic (exact) mass is 456 g/mol. The number of ether oxygens (including phenoxy) is 3. The standard InChI is InChI=1S/C25H36N4O4/c1-6-7-18(4)14-20-8-9-22(15-26-20)33-24-19(5)23(27-16-28-24)32-21-10-12-29(13-11-21)25(30)31-17(2)3/h8-9,15-18,21H,6-7,10-14H2,1-5H3. The van der Waals surface area contributed by atoms with Crippen molar-refractivity contribution in [2.75, 3.05) is 13.1 Å². The van der Waals surface area contributed by atoms with E-state index in [-0.39, 0.29) is 18.3 Å². The normalized spacial score (nSPS) is 15.4. The van der Waals surface area contributed by atoms with Crippen molar-refractivity contribution in [3.63, 3.8) is 0 Å². The molecule has 2 aromatic rings. The van der Waals surface area contributed by atoms with E-state index in [1.54, 1.807) is 11.1 Å². The molecule has 1 saturated heterocycles. The largest absolute Gasteiger partial charge is 0.474 e. The molecule has 1 amide bonds. The van der Waals surface area contributed by atoms with Crippen LogP contribution in [0, 0.1) is 12.8 Å². The van der Waals surface area contributed by atoms with Crippen molar-refractivity contribution >= 4 is 6.09 Å². The molecule has 2 aromatic heterocycles. The summed E-state index contributed by atoms with van der Waals surface area (Å²) in [5.74, 6) is 2.20. The van der Waals surface area contributed by atoms with Crippen molar-refractivity contribution in [1.82, 2.24) is 19.9 Å². The van der Waals surface area contributed by atoms with E-state index in [9.17, 15) is 4.79 Å². The lowest BCUT2D eigenvalue weighted by molar-refractivity contribution is 0.0505. The van der Waals surface area contributed by atoms with Gasteiger partial charge in [-0.05, 0) is 45.2 Å². The Hall–Kier alpha value is -2.90. The molecule has 8 nitrogen and oxygen atoms in total. The molecule has 0 aromatic carbocycles. The van der Waals surface area contributed by atoms with Gasteiger partial charge in [-0.3, -0.25) is 4.98 Å². The SMILES string of the molecule is CCCC(C)Cc1ccc(Oc2ncnc(OC3CCN(C(=O)OC(C)C)CC3)c2C)cn1. The molecule has 1 fully saturated rings. The summed E-state index contributed by atoms with van der Waals surface area (Å²) >= 11 is 0. The van der Waals surface area contributed by atoms with Gasteiger partial charge >= 0.3 is 6.09 Å². The zero-order chi connectivity index (χ0) is 23.8. The van der Waals surface area contributed by atoms with Gasteiger partial charge in [-0.15, -0.1) is 0 Å². The maximum atomic E-state index is 12.1. The van der Waals surface area contributed by atoms with E-state index in [0.29, 0.717) is 49.4 Å². The van der Waals surface area contributed by atoms with Crippen molar-refractivity contribution in [3.8, 4) is 17.5 Å². The van der Waals surface area contributed by atoms with Crippen LogP contribution in [0.3, 0.4) is 0 Å². The average molecular weight is 457 g/mol.